The second-order valence-electron chi connectivity index (χ2n) is 5.63. The molecule has 0 aliphatic heterocycles. The van der Waals surface area contributed by atoms with Gasteiger partial charge in [-0.15, -0.1) is 0 Å². The zero-order valence-electron chi connectivity index (χ0n) is 12.5. The number of benzene rings is 1. The third-order valence-corrected chi connectivity index (χ3v) is 4.11. The van der Waals surface area contributed by atoms with Crippen LogP contribution in [0.15, 0.2) is 24.3 Å². The van der Waals surface area contributed by atoms with E-state index in [0.29, 0.717) is 6.54 Å². The molecular weight excluding hydrogens is 268 g/mol. The van der Waals surface area contributed by atoms with Crippen LogP contribution in [0.2, 0.25) is 0 Å². The maximum absolute atomic E-state index is 11.9. The van der Waals surface area contributed by atoms with Crippen molar-refractivity contribution in [1.82, 2.24) is 10.6 Å². The van der Waals surface area contributed by atoms with Gasteiger partial charge in [0.05, 0.1) is 20.3 Å². The Bertz CT molecular complexity index is 470. The Balaban J connectivity index is 1.76. The zero-order chi connectivity index (χ0) is 15.1. The first kappa shape index (κ1) is 15.8. The van der Waals surface area contributed by atoms with Crippen LogP contribution >= 0.6 is 0 Å². The normalized spacial score (nSPS) is 16.7. The minimum Gasteiger partial charge on any atom is -0.497 e. The van der Waals surface area contributed by atoms with Crippen molar-refractivity contribution in [2.24, 2.45) is 0 Å². The van der Waals surface area contributed by atoms with Crippen LogP contribution in [0.3, 0.4) is 0 Å². The highest BCUT2D eigenvalue weighted by Gasteiger charge is 2.32. The van der Waals surface area contributed by atoms with Crippen molar-refractivity contribution in [2.75, 3.05) is 20.3 Å². The van der Waals surface area contributed by atoms with E-state index < -0.39 is 0 Å². The molecule has 1 amide bonds. The number of hydrogen-bond acceptors (Lipinski definition) is 4. The summed E-state index contributed by atoms with van der Waals surface area (Å²) in [4.78, 5) is 11.9. The minimum atomic E-state index is -0.257. The number of amides is 1. The van der Waals surface area contributed by atoms with E-state index in [1.165, 1.54) is 0 Å². The molecule has 1 saturated carbocycles. The second kappa shape index (κ2) is 7.43. The maximum atomic E-state index is 11.9. The van der Waals surface area contributed by atoms with Crippen LogP contribution < -0.4 is 15.4 Å². The molecule has 1 aromatic carbocycles. The van der Waals surface area contributed by atoms with Crippen molar-refractivity contribution in [2.45, 2.75) is 37.8 Å². The quantitative estimate of drug-likeness (QED) is 0.706. The molecule has 5 nitrogen and oxygen atoms in total. The summed E-state index contributed by atoms with van der Waals surface area (Å²) < 4.78 is 5.15. The molecule has 1 aliphatic rings. The van der Waals surface area contributed by atoms with Gasteiger partial charge in [-0.05, 0) is 30.5 Å². The highest BCUT2D eigenvalue weighted by molar-refractivity contribution is 5.78. The molecule has 0 unspecified atom stereocenters. The van der Waals surface area contributed by atoms with E-state index in [4.69, 9.17) is 4.74 Å². The summed E-state index contributed by atoms with van der Waals surface area (Å²) in [6, 6.07) is 7.62. The maximum Gasteiger partial charge on any atom is 0.234 e. The van der Waals surface area contributed by atoms with Crippen molar-refractivity contribution in [1.29, 1.82) is 0 Å². The first-order chi connectivity index (χ1) is 10.2. The highest BCUT2D eigenvalue weighted by atomic mass is 16.5. The lowest BCUT2D eigenvalue weighted by Gasteiger charge is -2.27. The summed E-state index contributed by atoms with van der Waals surface area (Å²) >= 11 is 0. The molecule has 21 heavy (non-hydrogen) atoms. The smallest absolute Gasteiger partial charge is 0.234 e. The Hall–Kier alpha value is -1.59. The largest absolute Gasteiger partial charge is 0.497 e. The van der Waals surface area contributed by atoms with E-state index in [9.17, 15) is 9.90 Å². The van der Waals surface area contributed by atoms with Gasteiger partial charge in [-0.25, -0.2) is 0 Å². The van der Waals surface area contributed by atoms with Crippen LogP contribution in [0.25, 0.3) is 0 Å². The number of rotatable bonds is 7. The van der Waals surface area contributed by atoms with Gasteiger partial charge in [0.1, 0.15) is 5.75 Å². The van der Waals surface area contributed by atoms with Crippen LogP contribution in [0.4, 0.5) is 0 Å². The van der Waals surface area contributed by atoms with Gasteiger partial charge in [0.25, 0.3) is 0 Å². The summed E-state index contributed by atoms with van der Waals surface area (Å²) in [5.41, 5.74) is 0.744. The molecule has 5 heteroatoms. The van der Waals surface area contributed by atoms with Crippen molar-refractivity contribution in [3.8, 4) is 5.75 Å². The van der Waals surface area contributed by atoms with E-state index in [2.05, 4.69) is 10.6 Å². The fourth-order valence-electron chi connectivity index (χ4n) is 2.76. The Kier molecular flexibility index (Phi) is 5.59. The first-order valence-electron chi connectivity index (χ1n) is 7.43. The lowest BCUT2D eigenvalue weighted by atomic mass is 9.99. The van der Waals surface area contributed by atoms with Crippen molar-refractivity contribution >= 4 is 5.91 Å². The third-order valence-electron chi connectivity index (χ3n) is 4.11. The molecule has 0 saturated heterocycles. The van der Waals surface area contributed by atoms with Gasteiger partial charge in [0, 0.05) is 12.1 Å². The van der Waals surface area contributed by atoms with E-state index >= 15 is 0 Å². The van der Waals surface area contributed by atoms with E-state index in [1.807, 2.05) is 24.3 Å². The van der Waals surface area contributed by atoms with Gasteiger partial charge >= 0.3 is 0 Å². The molecule has 0 bridgehead atoms. The number of carbonyl (C=O) groups is 1. The standard InChI is InChI=1S/C16H24N2O3/c1-21-14-6-4-5-13(9-14)10-17-15(20)11-18-16(12-19)7-2-3-8-16/h4-6,9,18-19H,2-3,7-8,10-12H2,1H3,(H,17,20). The summed E-state index contributed by atoms with van der Waals surface area (Å²) in [5, 5.41) is 15.6. The molecule has 1 aromatic rings. The van der Waals surface area contributed by atoms with Crippen LogP contribution in [0, 0.1) is 0 Å². The second-order valence-corrected chi connectivity index (χ2v) is 5.63. The van der Waals surface area contributed by atoms with E-state index in [-0.39, 0.29) is 24.6 Å². The van der Waals surface area contributed by atoms with Crippen LogP contribution in [-0.4, -0.2) is 36.8 Å². The number of carbonyl (C=O) groups excluding carboxylic acids is 1. The number of nitrogens with one attached hydrogen (secondary N) is 2. The average Bonchev–Trinajstić information content (AvgIpc) is 3.00. The highest BCUT2D eigenvalue weighted by Crippen LogP contribution is 2.28. The monoisotopic (exact) mass is 292 g/mol. The molecule has 2 rings (SSSR count). The fourth-order valence-corrected chi connectivity index (χ4v) is 2.76. The molecular formula is C16H24N2O3. The number of hydrogen-bond donors (Lipinski definition) is 3. The van der Waals surface area contributed by atoms with Gasteiger partial charge < -0.3 is 20.5 Å². The Morgan fingerprint density at radius 2 is 2.14 bits per heavy atom. The number of ether oxygens (including phenoxy) is 1. The molecule has 0 radical (unpaired) electrons. The number of aliphatic hydroxyl groups excluding tert-OH is 1. The molecule has 116 valence electrons. The zero-order valence-corrected chi connectivity index (χ0v) is 12.5. The summed E-state index contributed by atoms with van der Waals surface area (Å²) in [7, 11) is 1.62. The van der Waals surface area contributed by atoms with Gasteiger partial charge in [-0.1, -0.05) is 25.0 Å². The van der Waals surface area contributed by atoms with Crippen LogP contribution in [0.1, 0.15) is 31.2 Å². The van der Waals surface area contributed by atoms with Crippen LogP contribution in [-0.2, 0) is 11.3 Å². The Morgan fingerprint density at radius 3 is 2.81 bits per heavy atom. The number of methoxy groups -OCH3 is 1. The van der Waals surface area contributed by atoms with Gasteiger partial charge in [-0.2, -0.15) is 0 Å². The van der Waals surface area contributed by atoms with Crippen LogP contribution in [0.5, 0.6) is 5.75 Å². The molecule has 0 spiro atoms. The molecule has 0 heterocycles. The Labute approximate surface area is 125 Å². The molecule has 1 aliphatic carbocycles. The van der Waals surface area contributed by atoms with Gasteiger partial charge in [0.15, 0.2) is 0 Å². The molecule has 0 atom stereocenters. The van der Waals surface area contributed by atoms with Crippen molar-refractivity contribution in [3.05, 3.63) is 29.8 Å². The molecule has 1 fully saturated rings. The van der Waals surface area contributed by atoms with Gasteiger partial charge in [0.2, 0.25) is 5.91 Å². The predicted molar refractivity (Wildman–Crippen MR) is 81.1 cm³/mol. The van der Waals surface area contributed by atoms with E-state index in [1.54, 1.807) is 7.11 Å². The summed E-state index contributed by atoms with van der Waals surface area (Å²) in [6.45, 7) is 0.810. The molecule has 0 aromatic heterocycles. The minimum absolute atomic E-state index is 0.0578. The Morgan fingerprint density at radius 1 is 1.38 bits per heavy atom. The third kappa shape index (κ3) is 4.44. The SMILES string of the molecule is COc1cccc(CNC(=O)CNC2(CO)CCCC2)c1. The number of aliphatic hydroxyl groups is 1. The summed E-state index contributed by atoms with van der Waals surface area (Å²) in [5.74, 6) is 0.725. The first-order valence-corrected chi connectivity index (χ1v) is 7.43. The summed E-state index contributed by atoms with van der Waals surface area (Å²) in [6.07, 6.45) is 4.09. The van der Waals surface area contributed by atoms with E-state index in [0.717, 1.165) is 37.0 Å². The van der Waals surface area contributed by atoms with Crippen molar-refractivity contribution < 1.29 is 14.6 Å². The van der Waals surface area contributed by atoms with Gasteiger partial charge in [-0.3, -0.25) is 4.79 Å². The average molecular weight is 292 g/mol. The predicted octanol–water partition coefficient (Wildman–Crippen LogP) is 1.21. The molecule has 3 N–H and O–H groups in total. The van der Waals surface area contributed by atoms with Crippen molar-refractivity contribution in [3.63, 3.8) is 0 Å². The lowest BCUT2D eigenvalue weighted by Crippen LogP contribution is -2.50. The fraction of sp³-hybridized carbons (Fsp3) is 0.562. The lowest BCUT2D eigenvalue weighted by molar-refractivity contribution is -0.120. The topological polar surface area (TPSA) is 70.6 Å².